The van der Waals surface area contributed by atoms with Gasteiger partial charge in [-0.15, -0.1) is 0 Å². The minimum atomic E-state index is -3.87. The molecular weight excluding hydrogens is 330 g/mol. The summed E-state index contributed by atoms with van der Waals surface area (Å²) in [4.78, 5) is 13.6. The summed E-state index contributed by atoms with van der Waals surface area (Å²) in [7, 11) is -0.329. The number of hydrogen-bond acceptors (Lipinski definition) is 5. The zero-order valence-electron chi connectivity index (χ0n) is 13.4. The summed E-state index contributed by atoms with van der Waals surface area (Å²) in [6, 6.07) is 13.5. The molecule has 0 radical (unpaired) electrons. The second kappa shape index (κ2) is 7.33. The highest BCUT2D eigenvalue weighted by atomic mass is 32.2. The van der Waals surface area contributed by atoms with Crippen LogP contribution in [0.2, 0.25) is 0 Å². The summed E-state index contributed by atoms with van der Waals surface area (Å²) in [6.45, 7) is 0.110. The van der Waals surface area contributed by atoms with Crippen LogP contribution in [0.15, 0.2) is 53.4 Å². The zero-order chi connectivity index (χ0) is 17.7. The molecule has 2 rings (SSSR count). The molecule has 0 aromatic heterocycles. The maximum absolute atomic E-state index is 12.0. The molecule has 0 spiro atoms. The number of rotatable bonds is 5. The van der Waals surface area contributed by atoms with E-state index in [1.165, 1.54) is 12.1 Å². The first-order chi connectivity index (χ1) is 11.3. The first kappa shape index (κ1) is 17.8. The quantitative estimate of drug-likeness (QED) is 0.861. The topological polar surface area (TPSA) is 102 Å². The van der Waals surface area contributed by atoms with Crippen LogP contribution in [-0.4, -0.2) is 28.6 Å². The van der Waals surface area contributed by atoms with Gasteiger partial charge >= 0.3 is 6.09 Å². The fourth-order valence-corrected chi connectivity index (χ4v) is 2.59. The normalized spacial score (nSPS) is 11.0. The lowest BCUT2D eigenvalue weighted by Crippen LogP contribution is -2.19. The van der Waals surface area contributed by atoms with Crippen LogP contribution in [0.1, 0.15) is 5.56 Å². The van der Waals surface area contributed by atoms with Gasteiger partial charge in [0.2, 0.25) is 10.0 Å². The van der Waals surface area contributed by atoms with Crippen molar-refractivity contribution < 1.29 is 17.9 Å². The summed E-state index contributed by atoms with van der Waals surface area (Å²) >= 11 is 0. The Bertz CT molecular complexity index is 820. The fraction of sp³-hybridized carbons (Fsp3) is 0.188. The molecule has 3 N–H and O–H groups in total. The lowest BCUT2D eigenvalue weighted by molar-refractivity contribution is 0.155. The molecule has 2 aromatic carbocycles. The number of sulfonamides is 1. The van der Waals surface area contributed by atoms with E-state index in [4.69, 9.17) is 9.88 Å². The van der Waals surface area contributed by atoms with E-state index >= 15 is 0 Å². The van der Waals surface area contributed by atoms with E-state index in [0.717, 1.165) is 5.56 Å². The van der Waals surface area contributed by atoms with Crippen molar-refractivity contribution in [1.82, 2.24) is 0 Å². The molecule has 0 aliphatic heterocycles. The van der Waals surface area contributed by atoms with Crippen LogP contribution in [0.25, 0.3) is 0 Å². The highest BCUT2D eigenvalue weighted by Gasteiger charge is 2.15. The number of ether oxygens (including phenoxy) is 1. The predicted octanol–water partition coefficient (Wildman–Crippen LogP) is 2.15. The summed E-state index contributed by atoms with van der Waals surface area (Å²) in [6.07, 6.45) is -0.687. The molecule has 24 heavy (non-hydrogen) atoms. The molecule has 8 heteroatoms. The van der Waals surface area contributed by atoms with Gasteiger partial charge in [-0.25, -0.2) is 18.4 Å². The Morgan fingerprint density at radius 1 is 1.17 bits per heavy atom. The Hall–Kier alpha value is -2.58. The Kier molecular flexibility index (Phi) is 5.42. The minimum Gasteiger partial charge on any atom is -0.444 e. The first-order valence-electron chi connectivity index (χ1n) is 7.09. The highest BCUT2D eigenvalue weighted by molar-refractivity contribution is 7.89. The Labute approximate surface area is 141 Å². The zero-order valence-corrected chi connectivity index (χ0v) is 14.2. The van der Waals surface area contributed by atoms with Gasteiger partial charge in [-0.3, -0.25) is 5.32 Å². The van der Waals surface area contributed by atoms with E-state index in [9.17, 15) is 13.2 Å². The summed E-state index contributed by atoms with van der Waals surface area (Å²) in [5.74, 6) is 0. The number of carbonyl (C=O) groups is 1. The predicted molar refractivity (Wildman–Crippen MR) is 92.4 cm³/mol. The van der Waals surface area contributed by atoms with Crippen LogP contribution in [0.3, 0.4) is 0 Å². The van der Waals surface area contributed by atoms with E-state index in [1.807, 2.05) is 30.3 Å². The first-order valence-corrected chi connectivity index (χ1v) is 8.64. The smallest absolute Gasteiger partial charge is 0.412 e. The number of nitrogens with two attached hydrogens (primary N) is 1. The number of benzene rings is 2. The molecule has 0 atom stereocenters. The van der Waals surface area contributed by atoms with Crippen molar-refractivity contribution in [2.45, 2.75) is 11.5 Å². The number of nitrogens with one attached hydrogen (secondary N) is 1. The summed E-state index contributed by atoms with van der Waals surface area (Å²) in [5, 5.41) is 7.68. The van der Waals surface area contributed by atoms with Crippen LogP contribution in [0.4, 0.5) is 16.2 Å². The summed E-state index contributed by atoms with van der Waals surface area (Å²) < 4.78 is 28.1. The molecule has 0 bridgehead atoms. The molecule has 1 amide bonds. The average Bonchev–Trinajstić information content (AvgIpc) is 2.53. The number of primary sulfonamides is 1. The maximum Gasteiger partial charge on any atom is 0.412 e. The standard InChI is InChI=1S/C16H19N3O4S/c1-19(2)15-9-8-13(24(17,21)22)10-14(15)18-16(20)23-11-12-6-4-3-5-7-12/h3-10H,11H2,1-2H3,(H,18,20)(H2,17,21,22). The fourth-order valence-electron chi connectivity index (χ4n) is 2.05. The van der Waals surface area contributed by atoms with Crippen LogP contribution in [-0.2, 0) is 21.4 Å². The van der Waals surface area contributed by atoms with Crippen molar-refractivity contribution in [3.63, 3.8) is 0 Å². The van der Waals surface area contributed by atoms with Crippen molar-refractivity contribution in [2.24, 2.45) is 5.14 Å². The van der Waals surface area contributed by atoms with Gasteiger partial charge in [-0.2, -0.15) is 0 Å². The van der Waals surface area contributed by atoms with Crippen LogP contribution >= 0.6 is 0 Å². The molecule has 0 heterocycles. The SMILES string of the molecule is CN(C)c1ccc(S(N)(=O)=O)cc1NC(=O)OCc1ccccc1. The van der Waals surface area contributed by atoms with Gasteiger partial charge in [-0.05, 0) is 23.8 Å². The van der Waals surface area contributed by atoms with Gasteiger partial charge in [0.15, 0.2) is 0 Å². The molecule has 2 aromatic rings. The lowest BCUT2D eigenvalue weighted by atomic mass is 10.2. The minimum absolute atomic E-state index is 0.0912. The highest BCUT2D eigenvalue weighted by Crippen LogP contribution is 2.27. The third kappa shape index (κ3) is 4.71. The third-order valence-corrected chi connectivity index (χ3v) is 4.14. The largest absolute Gasteiger partial charge is 0.444 e. The number of hydrogen-bond donors (Lipinski definition) is 2. The molecule has 128 valence electrons. The van der Waals surface area contributed by atoms with Gasteiger partial charge < -0.3 is 9.64 Å². The molecule has 0 saturated carbocycles. The van der Waals surface area contributed by atoms with E-state index in [2.05, 4.69) is 5.32 Å². The maximum atomic E-state index is 12.0. The van der Waals surface area contributed by atoms with Crippen molar-refractivity contribution in [3.8, 4) is 0 Å². The molecule has 7 nitrogen and oxygen atoms in total. The van der Waals surface area contributed by atoms with Crippen LogP contribution < -0.4 is 15.4 Å². The monoisotopic (exact) mass is 349 g/mol. The van der Waals surface area contributed by atoms with Gasteiger partial charge in [0.05, 0.1) is 16.3 Å². The second-order valence-electron chi connectivity index (χ2n) is 5.31. The van der Waals surface area contributed by atoms with Gasteiger partial charge in [-0.1, -0.05) is 30.3 Å². The van der Waals surface area contributed by atoms with E-state index in [-0.39, 0.29) is 11.5 Å². The number of carbonyl (C=O) groups excluding carboxylic acids is 1. The molecule has 0 saturated heterocycles. The van der Waals surface area contributed by atoms with Crippen LogP contribution in [0, 0.1) is 0 Å². The average molecular weight is 349 g/mol. The van der Waals surface area contributed by atoms with Crippen molar-refractivity contribution in [1.29, 1.82) is 0 Å². The number of nitrogens with zero attached hydrogens (tertiary/aromatic N) is 1. The Balaban J connectivity index is 2.16. The third-order valence-electron chi connectivity index (χ3n) is 3.23. The van der Waals surface area contributed by atoms with E-state index in [1.54, 1.807) is 25.1 Å². The molecule has 0 aliphatic carbocycles. The number of amides is 1. The molecule has 0 unspecified atom stereocenters. The number of anilines is 2. The van der Waals surface area contributed by atoms with Gasteiger partial charge in [0.25, 0.3) is 0 Å². The van der Waals surface area contributed by atoms with Gasteiger partial charge in [0, 0.05) is 14.1 Å². The van der Waals surface area contributed by atoms with Crippen molar-refractivity contribution in [2.75, 3.05) is 24.3 Å². The van der Waals surface area contributed by atoms with Crippen molar-refractivity contribution >= 4 is 27.5 Å². The second-order valence-corrected chi connectivity index (χ2v) is 6.87. The Morgan fingerprint density at radius 2 is 1.83 bits per heavy atom. The van der Waals surface area contributed by atoms with Crippen molar-refractivity contribution in [3.05, 3.63) is 54.1 Å². The molecule has 0 aliphatic rings. The van der Waals surface area contributed by atoms with Crippen LogP contribution in [0.5, 0.6) is 0 Å². The van der Waals surface area contributed by atoms with Gasteiger partial charge in [0.1, 0.15) is 6.61 Å². The van der Waals surface area contributed by atoms with E-state index < -0.39 is 16.1 Å². The summed E-state index contributed by atoms with van der Waals surface area (Å²) in [5.41, 5.74) is 1.77. The molecular formula is C16H19N3O4S. The molecule has 0 fully saturated rings. The Morgan fingerprint density at radius 3 is 2.42 bits per heavy atom. The lowest BCUT2D eigenvalue weighted by Gasteiger charge is -2.18. The van der Waals surface area contributed by atoms with E-state index in [0.29, 0.717) is 11.4 Å².